The molecule has 0 saturated heterocycles. The van der Waals surface area contributed by atoms with E-state index < -0.39 is 0 Å². The van der Waals surface area contributed by atoms with Crippen LogP contribution in [0.3, 0.4) is 0 Å². The van der Waals surface area contributed by atoms with Gasteiger partial charge in [-0.1, -0.05) is 19.3 Å². The van der Waals surface area contributed by atoms with Gasteiger partial charge >= 0.3 is 0 Å². The lowest BCUT2D eigenvalue weighted by molar-refractivity contribution is 0.0914. The molecule has 2 heterocycles. The van der Waals surface area contributed by atoms with E-state index >= 15 is 0 Å². The van der Waals surface area contributed by atoms with Crippen LogP contribution in [0.25, 0.3) is 11.3 Å². The molecule has 1 fully saturated rings. The van der Waals surface area contributed by atoms with Crippen LogP contribution < -0.4 is 11.1 Å². The molecule has 5 heteroatoms. The lowest BCUT2D eigenvalue weighted by Crippen LogP contribution is -2.46. The fraction of sp³-hybridized carbons (Fsp3) is 0.474. The maximum Gasteiger partial charge on any atom is 0.253 e. The molecular formula is C19H25N3OS. The number of rotatable bonds is 5. The standard InChI is InChI=1S/C19H25N3OS/c1-13-16(7-8-17(21-13)15-9-10-24-12-15)19(23)22-18(11-20)14-5-3-2-4-6-14/h7-10,12,14,18H,2-6,11,20H2,1H3,(H,22,23). The zero-order chi connectivity index (χ0) is 16.9. The van der Waals surface area contributed by atoms with E-state index in [0.29, 0.717) is 18.0 Å². The molecule has 1 aliphatic carbocycles. The number of nitrogens with one attached hydrogen (secondary N) is 1. The van der Waals surface area contributed by atoms with Crippen molar-refractivity contribution in [2.24, 2.45) is 11.7 Å². The van der Waals surface area contributed by atoms with Gasteiger partial charge in [0.05, 0.1) is 17.0 Å². The molecule has 2 aromatic heterocycles. The third-order valence-corrected chi connectivity index (χ3v) is 5.62. The quantitative estimate of drug-likeness (QED) is 0.868. The van der Waals surface area contributed by atoms with Gasteiger partial charge < -0.3 is 11.1 Å². The molecule has 1 amide bonds. The van der Waals surface area contributed by atoms with Crippen LogP contribution in [0.1, 0.15) is 48.2 Å². The Morgan fingerprint density at radius 3 is 2.75 bits per heavy atom. The topological polar surface area (TPSA) is 68.0 Å². The number of carbonyl (C=O) groups is 1. The lowest BCUT2D eigenvalue weighted by Gasteiger charge is -2.30. The Hall–Kier alpha value is -1.72. The van der Waals surface area contributed by atoms with Crippen molar-refractivity contribution in [3.63, 3.8) is 0 Å². The van der Waals surface area contributed by atoms with E-state index in [0.717, 1.165) is 29.8 Å². The summed E-state index contributed by atoms with van der Waals surface area (Å²) in [6.07, 6.45) is 6.11. The van der Waals surface area contributed by atoms with Crippen LogP contribution in [-0.4, -0.2) is 23.5 Å². The highest BCUT2D eigenvalue weighted by molar-refractivity contribution is 7.08. The summed E-state index contributed by atoms with van der Waals surface area (Å²) in [6, 6.07) is 5.90. The molecular weight excluding hydrogens is 318 g/mol. The van der Waals surface area contributed by atoms with Gasteiger partial charge in [-0.05, 0) is 49.3 Å². The number of hydrogen-bond donors (Lipinski definition) is 2. The van der Waals surface area contributed by atoms with Crippen molar-refractivity contribution >= 4 is 17.2 Å². The average Bonchev–Trinajstić information content (AvgIpc) is 3.14. The average molecular weight is 343 g/mol. The molecule has 2 aromatic rings. The van der Waals surface area contributed by atoms with Gasteiger partial charge in [-0.2, -0.15) is 11.3 Å². The van der Waals surface area contributed by atoms with E-state index in [-0.39, 0.29) is 11.9 Å². The Bertz CT molecular complexity index is 678. The maximum absolute atomic E-state index is 12.7. The monoisotopic (exact) mass is 343 g/mol. The molecule has 1 aliphatic rings. The molecule has 0 aromatic carbocycles. The van der Waals surface area contributed by atoms with Crippen molar-refractivity contribution in [3.8, 4) is 11.3 Å². The highest BCUT2D eigenvalue weighted by Gasteiger charge is 2.25. The number of carbonyl (C=O) groups excluding carboxylic acids is 1. The largest absolute Gasteiger partial charge is 0.348 e. The second-order valence-corrected chi connectivity index (χ2v) is 7.34. The van der Waals surface area contributed by atoms with Crippen molar-refractivity contribution in [1.82, 2.24) is 10.3 Å². The summed E-state index contributed by atoms with van der Waals surface area (Å²) in [5.74, 6) is 0.448. The number of aromatic nitrogens is 1. The number of thiophene rings is 1. The Morgan fingerprint density at radius 1 is 1.33 bits per heavy atom. The van der Waals surface area contributed by atoms with E-state index in [1.165, 1.54) is 19.3 Å². The molecule has 24 heavy (non-hydrogen) atoms. The SMILES string of the molecule is Cc1nc(-c2ccsc2)ccc1C(=O)NC(CN)C1CCCCC1. The van der Waals surface area contributed by atoms with Crippen LogP contribution >= 0.6 is 11.3 Å². The molecule has 4 nitrogen and oxygen atoms in total. The van der Waals surface area contributed by atoms with E-state index in [4.69, 9.17) is 5.73 Å². The summed E-state index contributed by atoms with van der Waals surface area (Å²) in [7, 11) is 0. The van der Waals surface area contributed by atoms with Gasteiger partial charge in [0, 0.05) is 23.5 Å². The van der Waals surface area contributed by atoms with E-state index in [2.05, 4.69) is 15.7 Å². The highest BCUT2D eigenvalue weighted by Crippen LogP contribution is 2.26. The fourth-order valence-corrected chi connectivity index (χ4v) is 4.17. The second-order valence-electron chi connectivity index (χ2n) is 6.56. The lowest BCUT2D eigenvalue weighted by atomic mass is 9.84. The first kappa shape index (κ1) is 17.1. The second kappa shape index (κ2) is 7.90. The first-order chi connectivity index (χ1) is 11.7. The number of pyridine rings is 1. The van der Waals surface area contributed by atoms with Crippen LogP contribution in [0.4, 0.5) is 0 Å². The Morgan fingerprint density at radius 2 is 2.12 bits per heavy atom. The van der Waals surface area contributed by atoms with Gasteiger partial charge in [0.2, 0.25) is 0 Å². The Labute approximate surface area is 147 Å². The summed E-state index contributed by atoms with van der Waals surface area (Å²) in [5.41, 5.74) is 9.33. The summed E-state index contributed by atoms with van der Waals surface area (Å²) in [6.45, 7) is 2.39. The Kier molecular flexibility index (Phi) is 5.63. The van der Waals surface area contributed by atoms with Crippen molar-refractivity contribution in [2.45, 2.75) is 45.1 Å². The van der Waals surface area contributed by atoms with Crippen LogP contribution in [0.15, 0.2) is 29.0 Å². The van der Waals surface area contributed by atoms with Crippen molar-refractivity contribution in [2.75, 3.05) is 6.54 Å². The zero-order valence-corrected chi connectivity index (χ0v) is 14.9. The first-order valence-electron chi connectivity index (χ1n) is 8.70. The zero-order valence-electron chi connectivity index (χ0n) is 14.1. The van der Waals surface area contributed by atoms with Crippen molar-refractivity contribution in [3.05, 3.63) is 40.2 Å². The molecule has 1 saturated carbocycles. The minimum Gasteiger partial charge on any atom is -0.348 e. The summed E-state index contributed by atoms with van der Waals surface area (Å²) in [5, 5.41) is 7.24. The third-order valence-electron chi connectivity index (χ3n) is 4.94. The number of hydrogen-bond acceptors (Lipinski definition) is 4. The van der Waals surface area contributed by atoms with Crippen molar-refractivity contribution in [1.29, 1.82) is 0 Å². The summed E-state index contributed by atoms with van der Waals surface area (Å²) >= 11 is 1.64. The molecule has 1 unspecified atom stereocenters. The van der Waals surface area contributed by atoms with E-state index in [1.807, 2.05) is 30.5 Å². The maximum atomic E-state index is 12.7. The predicted molar refractivity (Wildman–Crippen MR) is 99.2 cm³/mol. The molecule has 128 valence electrons. The van der Waals surface area contributed by atoms with Crippen LogP contribution in [0, 0.1) is 12.8 Å². The van der Waals surface area contributed by atoms with Crippen LogP contribution in [0.2, 0.25) is 0 Å². The molecule has 0 bridgehead atoms. The van der Waals surface area contributed by atoms with Gasteiger partial charge in [0.15, 0.2) is 0 Å². The normalized spacial score (nSPS) is 16.8. The molecule has 3 rings (SSSR count). The van der Waals surface area contributed by atoms with Crippen LogP contribution in [0.5, 0.6) is 0 Å². The predicted octanol–water partition coefficient (Wildman–Crippen LogP) is 3.76. The van der Waals surface area contributed by atoms with Gasteiger partial charge in [0.25, 0.3) is 5.91 Å². The van der Waals surface area contributed by atoms with Gasteiger partial charge in [-0.15, -0.1) is 0 Å². The van der Waals surface area contributed by atoms with E-state index in [1.54, 1.807) is 11.3 Å². The number of nitrogens with zero attached hydrogens (tertiary/aromatic N) is 1. The van der Waals surface area contributed by atoms with Gasteiger partial charge in [0.1, 0.15) is 0 Å². The van der Waals surface area contributed by atoms with Gasteiger partial charge in [-0.3, -0.25) is 9.78 Å². The molecule has 3 N–H and O–H groups in total. The number of amides is 1. The first-order valence-corrected chi connectivity index (χ1v) is 9.64. The third kappa shape index (κ3) is 3.84. The number of nitrogens with two attached hydrogens (primary N) is 1. The molecule has 1 atom stereocenters. The highest BCUT2D eigenvalue weighted by atomic mass is 32.1. The molecule has 0 spiro atoms. The minimum absolute atomic E-state index is 0.0575. The van der Waals surface area contributed by atoms with Gasteiger partial charge in [-0.25, -0.2) is 0 Å². The van der Waals surface area contributed by atoms with Crippen LogP contribution in [-0.2, 0) is 0 Å². The molecule has 0 radical (unpaired) electrons. The number of aryl methyl sites for hydroxylation is 1. The minimum atomic E-state index is -0.0575. The fourth-order valence-electron chi connectivity index (χ4n) is 3.52. The smallest absolute Gasteiger partial charge is 0.253 e. The summed E-state index contributed by atoms with van der Waals surface area (Å²) in [4.78, 5) is 17.3. The van der Waals surface area contributed by atoms with Crippen molar-refractivity contribution < 1.29 is 4.79 Å². The molecule has 0 aliphatic heterocycles. The summed E-state index contributed by atoms with van der Waals surface area (Å²) < 4.78 is 0. The Balaban J connectivity index is 1.72. The van der Waals surface area contributed by atoms with E-state index in [9.17, 15) is 4.79 Å².